The third kappa shape index (κ3) is 3.32. The molecule has 0 atom stereocenters. The van der Waals surface area contributed by atoms with E-state index in [9.17, 15) is 4.79 Å². The second-order valence-corrected chi connectivity index (χ2v) is 7.57. The SMILES string of the molecule is O=c1cc(CN2CCNCC2)nc2sc(C3CCCCC3)nn12. The summed E-state index contributed by atoms with van der Waals surface area (Å²) in [5.41, 5.74) is 0.828. The molecule has 23 heavy (non-hydrogen) atoms. The van der Waals surface area contributed by atoms with Gasteiger partial charge in [-0.3, -0.25) is 9.69 Å². The van der Waals surface area contributed by atoms with E-state index in [1.807, 2.05) is 0 Å². The van der Waals surface area contributed by atoms with Crippen molar-refractivity contribution in [3.63, 3.8) is 0 Å². The van der Waals surface area contributed by atoms with Gasteiger partial charge >= 0.3 is 0 Å². The van der Waals surface area contributed by atoms with E-state index in [4.69, 9.17) is 4.98 Å². The van der Waals surface area contributed by atoms with Crippen LogP contribution in [0.5, 0.6) is 0 Å². The van der Waals surface area contributed by atoms with Crippen molar-refractivity contribution in [3.05, 3.63) is 27.1 Å². The van der Waals surface area contributed by atoms with Gasteiger partial charge in [0.25, 0.3) is 5.56 Å². The molecule has 1 saturated carbocycles. The van der Waals surface area contributed by atoms with Gasteiger partial charge in [0.1, 0.15) is 5.01 Å². The van der Waals surface area contributed by atoms with Crippen molar-refractivity contribution < 1.29 is 0 Å². The average Bonchev–Trinajstić information content (AvgIpc) is 3.01. The summed E-state index contributed by atoms with van der Waals surface area (Å²) in [5.74, 6) is 0.520. The van der Waals surface area contributed by atoms with E-state index in [1.54, 1.807) is 17.4 Å². The maximum absolute atomic E-state index is 12.4. The molecule has 0 amide bonds. The molecule has 124 valence electrons. The third-order valence-corrected chi connectivity index (χ3v) is 5.93. The Morgan fingerprint density at radius 2 is 2.00 bits per heavy atom. The first-order chi connectivity index (χ1) is 11.3. The second-order valence-electron chi connectivity index (χ2n) is 6.58. The highest BCUT2D eigenvalue weighted by molar-refractivity contribution is 7.16. The van der Waals surface area contributed by atoms with Crippen LogP contribution >= 0.6 is 11.3 Å². The predicted octanol–water partition coefficient (Wildman–Crippen LogP) is 1.60. The maximum Gasteiger partial charge on any atom is 0.275 e. The first kappa shape index (κ1) is 15.2. The number of hydrogen-bond donors (Lipinski definition) is 1. The minimum atomic E-state index is -0.0431. The lowest BCUT2D eigenvalue weighted by atomic mass is 9.90. The first-order valence-electron chi connectivity index (χ1n) is 8.62. The molecule has 3 heterocycles. The van der Waals surface area contributed by atoms with Gasteiger partial charge in [-0.15, -0.1) is 0 Å². The molecule has 6 nitrogen and oxygen atoms in total. The van der Waals surface area contributed by atoms with Crippen molar-refractivity contribution in [1.29, 1.82) is 0 Å². The van der Waals surface area contributed by atoms with E-state index < -0.39 is 0 Å². The lowest BCUT2D eigenvalue weighted by Crippen LogP contribution is -2.43. The van der Waals surface area contributed by atoms with Crippen LogP contribution in [0.2, 0.25) is 0 Å². The van der Waals surface area contributed by atoms with Gasteiger partial charge in [0.2, 0.25) is 4.96 Å². The van der Waals surface area contributed by atoms with E-state index in [1.165, 1.54) is 36.6 Å². The predicted molar refractivity (Wildman–Crippen MR) is 91.1 cm³/mol. The highest BCUT2D eigenvalue weighted by atomic mass is 32.1. The summed E-state index contributed by atoms with van der Waals surface area (Å²) in [6, 6.07) is 1.65. The fourth-order valence-corrected chi connectivity index (χ4v) is 4.66. The van der Waals surface area contributed by atoms with Gasteiger partial charge in [-0.05, 0) is 12.8 Å². The van der Waals surface area contributed by atoms with E-state index >= 15 is 0 Å². The highest BCUT2D eigenvalue weighted by Crippen LogP contribution is 2.34. The number of rotatable bonds is 3. The molecule has 0 bridgehead atoms. The molecule has 1 aliphatic carbocycles. The Hall–Kier alpha value is -1.31. The normalized spacial score (nSPS) is 21.0. The van der Waals surface area contributed by atoms with Crippen molar-refractivity contribution in [3.8, 4) is 0 Å². The van der Waals surface area contributed by atoms with Gasteiger partial charge in [0.15, 0.2) is 0 Å². The first-order valence-corrected chi connectivity index (χ1v) is 9.44. The number of piperazine rings is 1. The van der Waals surface area contributed by atoms with E-state index in [-0.39, 0.29) is 5.56 Å². The number of hydrogen-bond acceptors (Lipinski definition) is 6. The zero-order valence-electron chi connectivity index (χ0n) is 13.3. The van der Waals surface area contributed by atoms with Crippen molar-refractivity contribution in [2.75, 3.05) is 26.2 Å². The van der Waals surface area contributed by atoms with Crippen LogP contribution in [0, 0.1) is 0 Å². The quantitative estimate of drug-likeness (QED) is 0.924. The lowest BCUT2D eigenvalue weighted by molar-refractivity contribution is 0.231. The number of nitrogens with one attached hydrogen (secondary N) is 1. The Morgan fingerprint density at radius 1 is 1.22 bits per heavy atom. The summed E-state index contributed by atoms with van der Waals surface area (Å²) in [4.78, 5) is 20.2. The number of nitrogens with zero attached hydrogens (tertiary/aromatic N) is 4. The van der Waals surface area contributed by atoms with Crippen molar-refractivity contribution in [1.82, 2.24) is 24.8 Å². The fraction of sp³-hybridized carbons (Fsp3) is 0.688. The van der Waals surface area contributed by atoms with Crippen LogP contribution < -0.4 is 10.9 Å². The topological polar surface area (TPSA) is 62.5 Å². The number of fused-ring (bicyclic) bond motifs is 1. The van der Waals surface area contributed by atoms with Crippen LogP contribution in [-0.4, -0.2) is 45.7 Å². The molecule has 2 aromatic rings. The van der Waals surface area contributed by atoms with Gasteiger partial charge in [0, 0.05) is 44.7 Å². The molecule has 0 radical (unpaired) electrons. The summed E-state index contributed by atoms with van der Waals surface area (Å²) in [5, 5.41) is 9.00. The fourth-order valence-electron chi connectivity index (χ4n) is 3.56. The summed E-state index contributed by atoms with van der Waals surface area (Å²) >= 11 is 1.60. The van der Waals surface area contributed by atoms with Gasteiger partial charge < -0.3 is 5.32 Å². The minimum absolute atomic E-state index is 0.0431. The van der Waals surface area contributed by atoms with E-state index in [0.29, 0.717) is 5.92 Å². The maximum atomic E-state index is 12.4. The minimum Gasteiger partial charge on any atom is -0.314 e. The molecule has 2 fully saturated rings. The van der Waals surface area contributed by atoms with Gasteiger partial charge in [-0.25, -0.2) is 4.98 Å². The molecule has 4 rings (SSSR count). The van der Waals surface area contributed by atoms with Crippen LogP contribution in [0.15, 0.2) is 10.9 Å². The van der Waals surface area contributed by atoms with Crippen LogP contribution in [0.4, 0.5) is 0 Å². The Balaban J connectivity index is 1.59. The van der Waals surface area contributed by atoms with Gasteiger partial charge in [-0.2, -0.15) is 9.61 Å². The van der Waals surface area contributed by atoms with Crippen LogP contribution in [0.25, 0.3) is 4.96 Å². The molecule has 1 saturated heterocycles. The largest absolute Gasteiger partial charge is 0.314 e. The average molecular weight is 333 g/mol. The lowest BCUT2D eigenvalue weighted by Gasteiger charge is -2.26. The van der Waals surface area contributed by atoms with Crippen molar-refractivity contribution >= 4 is 16.3 Å². The van der Waals surface area contributed by atoms with Crippen molar-refractivity contribution in [2.45, 2.75) is 44.6 Å². The monoisotopic (exact) mass is 333 g/mol. The number of aromatic nitrogens is 3. The Bertz CT molecular complexity index is 728. The van der Waals surface area contributed by atoms with E-state index in [0.717, 1.165) is 48.4 Å². The van der Waals surface area contributed by atoms with Crippen LogP contribution in [-0.2, 0) is 6.54 Å². The smallest absolute Gasteiger partial charge is 0.275 e. The highest BCUT2D eigenvalue weighted by Gasteiger charge is 2.21. The zero-order chi connectivity index (χ0) is 15.6. The molecule has 0 spiro atoms. The Kier molecular flexibility index (Phi) is 4.41. The standard InChI is InChI=1S/C16H23N5OS/c22-14-10-13(11-20-8-6-17-7-9-20)18-16-21(14)19-15(23-16)12-4-2-1-3-5-12/h10,12,17H,1-9,11H2. The summed E-state index contributed by atoms with van der Waals surface area (Å²) in [6.45, 7) is 4.79. The van der Waals surface area contributed by atoms with E-state index in [2.05, 4.69) is 15.3 Å². The summed E-state index contributed by atoms with van der Waals surface area (Å²) < 4.78 is 1.50. The van der Waals surface area contributed by atoms with Gasteiger partial charge in [0.05, 0.1) is 5.69 Å². The molecule has 7 heteroatoms. The van der Waals surface area contributed by atoms with Crippen molar-refractivity contribution in [2.24, 2.45) is 0 Å². The molecule has 1 N–H and O–H groups in total. The molecule has 1 aliphatic heterocycles. The third-order valence-electron chi connectivity index (χ3n) is 4.86. The Labute approximate surface area is 139 Å². The second kappa shape index (κ2) is 6.67. The van der Waals surface area contributed by atoms with Crippen LogP contribution in [0.3, 0.4) is 0 Å². The molecule has 2 aromatic heterocycles. The molecular weight excluding hydrogens is 310 g/mol. The van der Waals surface area contributed by atoms with Gasteiger partial charge in [-0.1, -0.05) is 30.6 Å². The Morgan fingerprint density at radius 3 is 2.78 bits per heavy atom. The summed E-state index contributed by atoms with van der Waals surface area (Å²) in [6.07, 6.45) is 6.27. The molecule has 2 aliphatic rings. The molecule has 0 aromatic carbocycles. The van der Waals surface area contributed by atoms with Crippen LogP contribution in [0.1, 0.15) is 48.7 Å². The summed E-state index contributed by atoms with van der Waals surface area (Å²) in [7, 11) is 0. The molecular formula is C16H23N5OS. The zero-order valence-corrected chi connectivity index (χ0v) is 14.1. The molecule has 0 unspecified atom stereocenters.